The van der Waals surface area contributed by atoms with E-state index < -0.39 is 0 Å². The van der Waals surface area contributed by atoms with Crippen LogP contribution in [0.4, 0.5) is 0 Å². The molecule has 0 rings (SSSR count). The van der Waals surface area contributed by atoms with Crippen LogP contribution in [0.25, 0.3) is 0 Å². The van der Waals surface area contributed by atoms with Crippen molar-refractivity contribution in [3.05, 3.63) is 12.2 Å². The van der Waals surface area contributed by atoms with Crippen molar-refractivity contribution in [2.75, 3.05) is 13.1 Å². The lowest BCUT2D eigenvalue weighted by Gasteiger charge is -1.96. The second-order valence-electron chi connectivity index (χ2n) is 2.13. The minimum atomic E-state index is 0. The zero-order chi connectivity index (χ0) is 6.95. The summed E-state index contributed by atoms with van der Waals surface area (Å²) in [5.41, 5.74) is 0. The molecule has 0 radical (unpaired) electrons. The molecule has 0 aliphatic rings. The lowest BCUT2D eigenvalue weighted by molar-refractivity contribution is 0.681. The Hall–Kier alpha value is -0.0100. The van der Waals surface area contributed by atoms with E-state index in [1.54, 1.807) is 0 Å². The fourth-order valence-corrected chi connectivity index (χ4v) is 0.605. The minimum absolute atomic E-state index is 0. The van der Waals surface area contributed by atoms with Crippen LogP contribution in [0.1, 0.15) is 26.7 Å². The largest absolute Gasteiger partial charge is 0.313 e. The predicted octanol–water partition coefficient (Wildman–Crippen LogP) is 2.37. The minimum Gasteiger partial charge on any atom is -0.313 e. The molecular weight excluding hydrogens is 146 g/mol. The summed E-state index contributed by atoms with van der Waals surface area (Å²) in [6.45, 7) is 6.43. The Morgan fingerprint density at radius 2 is 2.10 bits per heavy atom. The van der Waals surface area contributed by atoms with Crippen LogP contribution in [0, 0.1) is 0 Å². The van der Waals surface area contributed by atoms with E-state index in [-0.39, 0.29) is 12.4 Å². The molecule has 0 saturated heterocycles. The maximum atomic E-state index is 3.30. The van der Waals surface area contributed by atoms with Crippen molar-refractivity contribution in [3.8, 4) is 0 Å². The quantitative estimate of drug-likeness (QED) is 0.485. The van der Waals surface area contributed by atoms with E-state index in [9.17, 15) is 0 Å². The van der Waals surface area contributed by atoms with Crippen LogP contribution < -0.4 is 5.32 Å². The summed E-state index contributed by atoms with van der Waals surface area (Å²) in [7, 11) is 0. The fraction of sp³-hybridized carbons (Fsp3) is 0.750. The summed E-state index contributed by atoms with van der Waals surface area (Å²) in [5, 5.41) is 3.30. The second-order valence-corrected chi connectivity index (χ2v) is 2.13. The molecule has 0 bridgehead atoms. The average Bonchev–Trinajstić information content (AvgIpc) is 1.89. The van der Waals surface area contributed by atoms with Gasteiger partial charge < -0.3 is 5.32 Å². The number of halogens is 1. The van der Waals surface area contributed by atoms with Crippen molar-refractivity contribution in [3.63, 3.8) is 0 Å². The Kier molecular flexibility index (Phi) is 14.9. The Labute approximate surface area is 70.3 Å². The van der Waals surface area contributed by atoms with Crippen LogP contribution >= 0.6 is 12.4 Å². The zero-order valence-corrected chi connectivity index (χ0v) is 7.71. The first-order valence-electron chi connectivity index (χ1n) is 3.73. The van der Waals surface area contributed by atoms with Gasteiger partial charge in [-0.3, -0.25) is 0 Å². The first-order valence-corrected chi connectivity index (χ1v) is 3.73. The highest BCUT2D eigenvalue weighted by molar-refractivity contribution is 5.85. The van der Waals surface area contributed by atoms with Crippen molar-refractivity contribution in [1.29, 1.82) is 0 Å². The molecule has 0 aromatic rings. The number of allylic oxidation sites excluding steroid dienone is 1. The van der Waals surface area contributed by atoms with Gasteiger partial charge in [0.15, 0.2) is 0 Å². The Bertz CT molecular complexity index is 71.7. The average molecular weight is 164 g/mol. The van der Waals surface area contributed by atoms with E-state index >= 15 is 0 Å². The van der Waals surface area contributed by atoms with Gasteiger partial charge >= 0.3 is 0 Å². The fourth-order valence-electron chi connectivity index (χ4n) is 0.605. The Morgan fingerprint density at radius 1 is 1.40 bits per heavy atom. The van der Waals surface area contributed by atoms with Gasteiger partial charge in [0, 0.05) is 6.54 Å². The third-order valence-electron chi connectivity index (χ3n) is 1.20. The molecule has 62 valence electrons. The van der Waals surface area contributed by atoms with Crippen LogP contribution in [0.3, 0.4) is 0 Å². The monoisotopic (exact) mass is 163 g/mol. The molecule has 0 unspecified atom stereocenters. The van der Waals surface area contributed by atoms with Crippen molar-refractivity contribution in [2.45, 2.75) is 26.7 Å². The second kappa shape index (κ2) is 11.7. The highest BCUT2D eigenvalue weighted by Gasteiger charge is 1.79. The number of rotatable bonds is 5. The van der Waals surface area contributed by atoms with Crippen LogP contribution in [-0.2, 0) is 0 Å². The molecule has 0 atom stereocenters. The smallest absolute Gasteiger partial charge is 0.0134 e. The molecule has 0 amide bonds. The molecule has 2 heteroatoms. The van der Waals surface area contributed by atoms with Gasteiger partial charge in [-0.1, -0.05) is 25.5 Å². The van der Waals surface area contributed by atoms with Gasteiger partial charge in [-0.05, 0) is 19.9 Å². The summed E-state index contributed by atoms with van der Waals surface area (Å²) in [4.78, 5) is 0. The normalized spacial score (nSPS) is 9.80. The summed E-state index contributed by atoms with van der Waals surface area (Å²) < 4.78 is 0. The van der Waals surface area contributed by atoms with Gasteiger partial charge in [-0.15, -0.1) is 12.4 Å². The van der Waals surface area contributed by atoms with Crippen LogP contribution in [-0.4, -0.2) is 13.1 Å². The van der Waals surface area contributed by atoms with Crippen molar-refractivity contribution in [1.82, 2.24) is 5.32 Å². The third kappa shape index (κ3) is 10.9. The van der Waals surface area contributed by atoms with Gasteiger partial charge in [0.2, 0.25) is 0 Å². The molecule has 1 nitrogen and oxygen atoms in total. The van der Waals surface area contributed by atoms with E-state index in [0.29, 0.717) is 0 Å². The first kappa shape index (κ1) is 12.6. The van der Waals surface area contributed by atoms with Gasteiger partial charge in [0.05, 0.1) is 0 Å². The number of hydrogen-bond donors (Lipinski definition) is 1. The molecule has 0 fully saturated rings. The molecule has 1 N–H and O–H groups in total. The number of nitrogens with one attached hydrogen (secondary N) is 1. The molecule has 10 heavy (non-hydrogen) atoms. The van der Waals surface area contributed by atoms with E-state index in [1.165, 1.54) is 12.8 Å². The van der Waals surface area contributed by atoms with E-state index in [4.69, 9.17) is 0 Å². The number of unbranched alkanes of at least 4 members (excludes halogenated alkanes) is 1. The van der Waals surface area contributed by atoms with Crippen LogP contribution in [0.5, 0.6) is 0 Å². The maximum Gasteiger partial charge on any atom is 0.0134 e. The molecule has 0 aromatic carbocycles. The Balaban J connectivity index is 0. The molecule has 0 heterocycles. The highest BCUT2D eigenvalue weighted by atomic mass is 35.5. The lowest BCUT2D eigenvalue weighted by Crippen LogP contribution is -2.14. The van der Waals surface area contributed by atoms with Crippen molar-refractivity contribution >= 4 is 12.4 Å². The molecule has 0 aliphatic heterocycles. The molecule has 0 spiro atoms. The van der Waals surface area contributed by atoms with Gasteiger partial charge in [0.1, 0.15) is 0 Å². The zero-order valence-electron chi connectivity index (χ0n) is 6.89. The van der Waals surface area contributed by atoms with Crippen LogP contribution in [0.15, 0.2) is 12.2 Å². The van der Waals surface area contributed by atoms with Gasteiger partial charge in [-0.25, -0.2) is 0 Å². The van der Waals surface area contributed by atoms with Gasteiger partial charge in [-0.2, -0.15) is 0 Å². The maximum absolute atomic E-state index is 3.30. The molecular formula is C8H18ClN. The van der Waals surface area contributed by atoms with Crippen LogP contribution in [0.2, 0.25) is 0 Å². The third-order valence-corrected chi connectivity index (χ3v) is 1.20. The predicted molar refractivity (Wildman–Crippen MR) is 49.8 cm³/mol. The summed E-state index contributed by atoms with van der Waals surface area (Å²) in [6, 6.07) is 0. The van der Waals surface area contributed by atoms with Gasteiger partial charge in [0.25, 0.3) is 0 Å². The lowest BCUT2D eigenvalue weighted by atomic mass is 10.3. The topological polar surface area (TPSA) is 12.0 Å². The standard InChI is InChI=1S/C8H17N.ClH/c1-3-5-7-9-8-6-4-2;/h3,5,9H,4,6-8H2,1-2H3;1H. The SMILES string of the molecule is CC=CCNCCCC.Cl. The highest BCUT2D eigenvalue weighted by Crippen LogP contribution is 1.81. The van der Waals surface area contributed by atoms with E-state index in [1.807, 2.05) is 6.92 Å². The van der Waals surface area contributed by atoms with E-state index in [2.05, 4.69) is 24.4 Å². The first-order chi connectivity index (χ1) is 4.41. The van der Waals surface area contributed by atoms with Crippen molar-refractivity contribution < 1.29 is 0 Å². The van der Waals surface area contributed by atoms with Crippen molar-refractivity contribution in [2.24, 2.45) is 0 Å². The summed E-state index contributed by atoms with van der Waals surface area (Å²) >= 11 is 0. The number of hydrogen-bond acceptors (Lipinski definition) is 1. The van der Waals surface area contributed by atoms with E-state index in [0.717, 1.165) is 13.1 Å². The summed E-state index contributed by atoms with van der Waals surface area (Å²) in [5.74, 6) is 0. The summed E-state index contributed by atoms with van der Waals surface area (Å²) in [6.07, 6.45) is 6.77. The molecule has 0 aliphatic carbocycles. The molecule has 0 aromatic heterocycles. The Morgan fingerprint density at radius 3 is 2.60 bits per heavy atom. The molecule has 0 saturated carbocycles.